The van der Waals surface area contributed by atoms with Crippen molar-refractivity contribution in [2.45, 2.75) is 44.5 Å². The number of rotatable bonds is 4. The minimum absolute atomic E-state index is 0.240. The molecule has 3 aromatic rings. The number of carboxylic acid groups (broad SMARTS) is 1. The van der Waals surface area contributed by atoms with Crippen LogP contribution in [0.1, 0.15) is 29.9 Å². The van der Waals surface area contributed by atoms with Gasteiger partial charge in [-0.3, -0.25) is 9.59 Å². The number of carboxylic acids is 1. The first-order chi connectivity index (χ1) is 12.1. The van der Waals surface area contributed by atoms with E-state index >= 15 is 0 Å². The quantitative estimate of drug-likeness (QED) is 0.507. The molecular formula is C19H20N2O3S2. The van der Waals surface area contributed by atoms with Gasteiger partial charge < -0.3 is 10.1 Å². The standard InChI is InChI=1S/C19H20N2O3S2/c1-9-6-7-12(8-10(9)2)13-11(3)25-16-14(13)15(22)20-18(21-16)26-19(4,5)17(23)24/h6-8H,1-5H3,(H,23,24)(H,20,21,22). The topological polar surface area (TPSA) is 83.0 Å². The SMILES string of the molecule is Cc1ccc(-c2c(C)sc3nc(SC(C)(C)C(=O)O)[nH]c(=O)c23)cc1C. The third-order valence-electron chi connectivity index (χ3n) is 4.38. The molecule has 0 saturated heterocycles. The van der Waals surface area contributed by atoms with Crippen molar-refractivity contribution < 1.29 is 9.90 Å². The Hall–Kier alpha value is -2.12. The van der Waals surface area contributed by atoms with Crippen molar-refractivity contribution in [1.82, 2.24) is 9.97 Å². The van der Waals surface area contributed by atoms with E-state index in [1.54, 1.807) is 13.8 Å². The van der Waals surface area contributed by atoms with Gasteiger partial charge in [-0.25, -0.2) is 4.98 Å². The predicted octanol–water partition coefficient (Wildman–Crippen LogP) is 4.53. The number of aromatic nitrogens is 2. The van der Waals surface area contributed by atoms with Crippen LogP contribution in [-0.2, 0) is 4.79 Å². The molecule has 0 atom stereocenters. The molecule has 2 aromatic heterocycles. The highest BCUT2D eigenvalue weighted by Gasteiger charge is 2.30. The minimum Gasteiger partial charge on any atom is -0.480 e. The Kier molecular flexibility index (Phi) is 4.71. The van der Waals surface area contributed by atoms with Gasteiger partial charge in [-0.2, -0.15) is 0 Å². The fraction of sp³-hybridized carbons (Fsp3) is 0.316. The molecule has 0 fully saturated rings. The van der Waals surface area contributed by atoms with Gasteiger partial charge in [0.2, 0.25) is 0 Å². The lowest BCUT2D eigenvalue weighted by Crippen LogP contribution is -2.27. The summed E-state index contributed by atoms with van der Waals surface area (Å²) in [6, 6.07) is 6.15. The van der Waals surface area contributed by atoms with Gasteiger partial charge in [0.25, 0.3) is 5.56 Å². The Morgan fingerprint density at radius 2 is 1.92 bits per heavy atom. The second kappa shape index (κ2) is 6.55. The van der Waals surface area contributed by atoms with Gasteiger partial charge >= 0.3 is 5.97 Å². The second-order valence-corrected chi connectivity index (χ2v) is 9.62. The zero-order valence-corrected chi connectivity index (χ0v) is 16.9. The summed E-state index contributed by atoms with van der Waals surface area (Å²) in [6.07, 6.45) is 0. The molecule has 0 spiro atoms. The third kappa shape index (κ3) is 3.29. The number of thiophene rings is 1. The molecule has 0 saturated carbocycles. The van der Waals surface area contributed by atoms with E-state index in [0.717, 1.165) is 27.8 Å². The maximum atomic E-state index is 12.8. The lowest BCUT2D eigenvalue weighted by atomic mass is 9.99. The highest BCUT2D eigenvalue weighted by Crippen LogP contribution is 2.38. The van der Waals surface area contributed by atoms with Crippen LogP contribution in [0.2, 0.25) is 0 Å². The number of hydrogen-bond donors (Lipinski definition) is 2. The van der Waals surface area contributed by atoms with Crippen LogP contribution in [0.3, 0.4) is 0 Å². The molecule has 2 N–H and O–H groups in total. The number of aliphatic carboxylic acids is 1. The maximum Gasteiger partial charge on any atom is 0.319 e. The second-order valence-electron chi connectivity index (χ2n) is 6.80. The summed E-state index contributed by atoms with van der Waals surface area (Å²) in [4.78, 5) is 33.0. The summed E-state index contributed by atoms with van der Waals surface area (Å²) in [6.45, 7) is 9.26. The van der Waals surface area contributed by atoms with Crippen LogP contribution in [0.5, 0.6) is 0 Å². The van der Waals surface area contributed by atoms with Crippen LogP contribution >= 0.6 is 23.1 Å². The van der Waals surface area contributed by atoms with E-state index in [9.17, 15) is 14.7 Å². The molecule has 3 rings (SSSR count). The van der Waals surface area contributed by atoms with Gasteiger partial charge in [0.05, 0.1) is 5.39 Å². The van der Waals surface area contributed by atoms with Crippen LogP contribution in [0.4, 0.5) is 0 Å². The first-order valence-corrected chi connectivity index (χ1v) is 9.77. The van der Waals surface area contributed by atoms with E-state index in [2.05, 4.69) is 29.0 Å². The molecule has 0 aliphatic carbocycles. The Bertz CT molecular complexity index is 1080. The largest absolute Gasteiger partial charge is 0.480 e. The number of aryl methyl sites for hydroxylation is 3. The molecule has 0 amide bonds. The molecule has 0 unspecified atom stereocenters. The van der Waals surface area contributed by atoms with E-state index < -0.39 is 10.7 Å². The number of H-pyrrole nitrogens is 1. The molecule has 1 aromatic carbocycles. The molecule has 26 heavy (non-hydrogen) atoms. The highest BCUT2D eigenvalue weighted by atomic mass is 32.2. The molecular weight excluding hydrogens is 368 g/mol. The van der Waals surface area contributed by atoms with E-state index in [1.165, 1.54) is 22.5 Å². The van der Waals surface area contributed by atoms with Gasteiger partial charge in [0.1, 0.15) is 9.58 Å². The number of aromatic amines is 1. The van der Waals surface area contributed by atoms with Crippen molar-refractivity contribution in [3.8, 4) is 11.1 Å². The van der Waals surface area contributed by atoms with Gasteiger partial charge in [-0.1, -0.05) is 30.0 Å². The molecule has 0 aliphatic heterocycles. The lowest BCUT2D eigenvalue weighted by molar-refractivity contribution is -0.138. The van der Waals surface area contributed by atoms with Gasteiger partial charge in [-0.05, 0) is 51.3 Å². The van der Waals surface area contributed by atoms with E-state index in [0.29, 0.717) is 15.4 Å². The summed E-state index contributed by atoms with van der Waals surface area (Å²) >= 11 is 2.49. The first-order valence-electron chi connectivity index (χ1n) is 8.13. The smallest absolute Gasteiger partial charge is 0.319 e. The highest BCUT2D eigenvalue weighted by molar-refractivity contribution is 8.01. The van der Waals surface area contributed by atoms with Crippen molar-refractivity contribution in [2.75, 3.05) is 0 Å². The Morgan fingerprint density at radius 3 is 2.54 bits per heavy atom. The Labute approximate surface area is 159 Å². The van der Waals surface area contributed by atoms with Crippen molar-refractivity contribution in [3.05, 3.63) is 44.6 Å². The molecule has 0 aliphatic rings. The molecule has 5 nitrogen and oxygen atoms in total. The zero-order chi connectivity index (χ0) is 19.2. The number of nitrogens with zero attached hydrogens (tertiary/aromatic N) is 1. The van der Waals surface area contributed by atoms with Gasteiger partial charge in [-0.15, -0.1) is 11.3 Å². The number of fused-ring (bicyclic) bond motifs is 1. The fourth-order valence-corrected chi connectivity index (χ4v) is 4.63. The maximum absolute atomic E-state index is 12.8. The van der Waals surface area contributed by atoms with Crippen molar-refractivity contribution in [2.24, 2.45) is 0 Å². The molecule has 0 radical (unpaired) electrons. The van der Waals surface area contributed by atoms with Gasteiger partial charge in [0, 0.05) is 10.4 Å². The van der Waals surface area contributed by atoms with Crippen LogP contribution in [0.15, 0.2) is 28.2 Å². The van der Waals surface area contributed by atoms with Crippen LogP contribution in [0, 0.1) is 20.8 Å². The van der Waals surface area contributed by atoms with Crippen LogP contribution in [0.25, 0.3) is 21.3 Å². The molecule has 0 bridgehead atoms. The van der Waals surface area contributed by atoms with Crippen LogP contribution < -0.4 is 5.56 Å². The zero-order valence-electron chi connectivity index (χ0n) is 15.3. The van der Waals surface area contributed by atoms with Gasteiger partial charge in [0.15, 0.2) is 5.16 Å². The number of thioether (sulfide) groups is 1. The van der Waals surface area contributed by atoms with E-state index in [-0.39, 0.29) is 5.56 Å². The molecule has 136 valence electrons. The van der Waals surface area contributed by atoms with Crippen molar-refractivity contribution in [1.29, 1.82) is 0 Å². The van der Waals surface area contributed by atoms with Crippen molar-refractivity contribution >= 4 is 39.3 Å². The average Bonchev–Trinajstić information content (AvgIpc) is 2.86. The Morgan fingerprint density at radius 1 is 1.23 bits per heavy atom. The monoisotopic (exact) mass is 388 g/mol. The number of hydrogen-bond acceptors (Lipinski definition) is 5. The molecule has 7 heteroatoms. The number of carbonyl (C=O) groups is 1. The minimum atomic E-state index is -1.08. The molecule has 2 heterocycles. The summed E-state index contributed by atoms with van der Waals surface area (Å²) in [5.41, 5.74) is 4.02. The lowest BCUT2D eigenvalue weighted by Gasteiger charge is -2.17. The summed E-state index contributed by atoms with van der Waals surface area (Å²) in [7, 11) is 0. The summed E-state index contributed by atoms with van der Waals surface area (Å²) in [5, 5.41) is 10.2. The summed E-state index contributed by atoms with van der Waals surface area (Å²) < 4.78 is -1.08. The van der Waals surface area contributed by atoms with Crippen LogP contribution in [-0.4, -0.2) is 25.8 Å². The number of nitrogens with one attached hydrogen (secondary N) is 1. The van der Waals surface area contributed by atoms with Crippen molar-refractivity contribution in [3.63, 3.8) is 0 Å². The number of benzene rings is 1. The average molecular weight is 389 g/mol. The fourth-order valence-electron chi connectivity index (χ4n) is 2.68. The predicted molar refractivity (Wildman–Crippen MR) is 107 cm³/mol. The van der Waals surface area contributed by atoms with E-state index in [4.69, 9.17) is 0 Å². The van der Waals surface area contributed by atoms with E-state index in [1.807, 2.05) is 19.9 Å². The normalized spacial score (nSPS) is 11.9. The third-order valence-corrected chi connectivity index (χ3v) is 6.45. The Balaban J connectivity index is 2.17. The summed E-state index contributed by atoms with van der Waals surface area (Å²) in [5.74, 6) is -0.955. The first kappa shape index (κ1) is 18.7.